The highest BCUT2D eigenvalue weighted by atomic mass is 32.1. The number of halogens is 3. The van der Waals surface area contributed by atoms with Crippen LogP contribution in [0.4, 0.5) is 18.9 Å². The summed E-state index contributed by atoms with van der Waals surface area (Å²) in [4.78, 5) is 40.8. The Balaban J connectivity index is 1.58. The van der Waals surface area contributed by atoms with Gasteiger partial charge in [0.25, 0.3) is 5.91 Å². The van der Waals surface area contributed by atoms with Crippen molar-refractivity contribution >= 4 is 34.7 Å². The van der Waals surface area contributed by atoms with Crippen LogP contribution in [0, 0.1) is 23.4 Å². The molecule has 1 atom stereocenters. The first kappa shape index (κ1) is 21.8. The fourth-order valence-corrected chi connectivity index (χ4v) is 4.03. The number of nitrogens with one attached hydrogen (secondary N) is 1. The van der Waals surface area contributed by atoms with Crippen LogP contribution in [-0.4, -0.2) is 54.2 Å². The molecule has 30 heavy (non-hydrogen) atoms. The fourth-order valence-electron chi connectivity index (χ4n) is 3.34. The largest absolute Gasteiger partial charge is 0.337 e. The average molecular weight is 439 g/mol. The molecule has 3 rings (SSSR count). The van der Waals surface area contributed by atoms with Crippen molar-refractivity contribution in [3.05, 3.63) is 52.0 Å². The monoisotopic (exact) mass is 439 g/mol. The fraction of sp³-hybridized carbons (Fsp3) is 0.350. The molecule has 160 valence electrons. The van der Waals surface area contributed by atoms with E-state index in [1.54, 1.807) is 17.0 Å². The van der Waals surface area contributed by atoms with Gasteiger partial charge < -0.3 is 15.1 Å². The van der Waals surface area contributed by atoms with Crippen molar-refractivity contribution in [3.8, 4) is 0 Å². The highest BCUT2D eigenvalue weighted by Gasteiger charge is 2.31. The van der Waals surface area contributed by atoms with Crippen LogP contribution in [-0.2, 0) is 9.59 Å². The zero-order chi connectivity index (χ0) is 21.8. The molecule has 1 aliphatic heterocycles. The molecule has 0 radical (unpaired) electrons. The Hall–Kier alpha value is -2.88. The van der Waals surface area contributed by atoms with Gasteiger partial charge in [-0.3, -0.25) is 14.4 Å². The topological polar surface area (TPSA) is 69.7 Å². The molecular weight excluding hydrogens is 419 g/mol. The summed E-state index contributed by atoms with van der Waals surface area (Å²) in [6.45, 7) is 0.409. The van der Waals surface area contributed by atoms with Gasteiger partial charge in [-0.25, -0.2) is 13.2 Å². The number of anilines is 1. The molecule has 0 saturated carbocycles. The van der Waals surface area contributed by atoms with Crippen molar-refractivity contribution in [2.45, 2.75) is 12.8 Å². The van der Waals surface area contributed by atoms with Crippen LogP contribution in [0.5, 0.6) is 0 Å². The number of carbonyl (C=O) groups is 3. The third-order valence-electron chi connectivity index (χ3n) is 4.86. The van der Waals surface area contributed by atoms with Gasteiger partial charge in [0.1, 0.15) is 0 Å². The summed E-state index contributed by atoms with van der Waals surface area (Å²) in [5.41, 5.74) is -0.509. The average Bonchev–Trinajstić information content (AvgIpc) is 3.28. The van der Waals surface area contributed by atoms with Gasteiger partial charge in [-0.15, -0.1) is 11.3 Å². The van der Waals surface area contributed by atoms with Crippen molar-refractivity contribution in [1.29, 1.82) is 0 Å². The Morgan fingerprint density at radius 2 is 1.97 bits per heavy atom. The lowest BCUT2D eigenvalue weighted by Crippen LogP contribution is -2.47. The van der Waals surface area contributed by atoms with E-state index in [-0.39, 0.29) is 18.4 Å². The Labute approximate surface area is 175 Å². The summed E-state index contributed by atoms with van der Waals surface area (Å²) in [5, 5.41) is 3.94. The van der Waals surface area contributed by atoms with Crippen molar-refractivity contribution in [3.63, 3.8) is 0 Å². The van der Waals surface area contributed by atoms with Crippen molar-refractivity contribution in [2.24, 2.45) is 5.92 Å². The molecule has 6 nitrogen and oxygen atoms in total. The number of piperidine rings is 1. The summed E-state index contributed by atoms with van der Waals surface area (Å²) in [7, 11) is 1.42. The van der Waals surface area contributed by atoms with E-state index in [9.17, 15) is 27.6 Å². The van der Waals surface area contributed by atoms with Gasteiger partial charge in [-0.1, -0.05) is 6.07 Å². The van der Waals surface area contributed by atoms with Crippen LogP contribution >= 0.6 is 11.3 Å². The molecule has 1 N–H and O–H groups in total. The molecule has 1 saturated heterocycles. The second-order valence-corrected chi connectivity index (χ2v) is 7.98. The molecule has 0 spiro atoms. The lowest BCUT2D eigenvalue weighted by molar-refractivity contribution is -0.138. The Morgan fingerprint density at radius 1 is 1.20 bits per heavy atom. The van der Waals surface area contributed by atoms with E-state index in [4.69, 9.17) is 0 Å². The first-order valence-corrected chi connectivity index (χ1v) is 10.2. The van der Waals surface area contributed by atoms with Gasteiger partial charge in [0.05, 0.1) is 23.0 Å². The van der Waals surface area contributed by atoms with Gasteiger partial charge in [0.2, 0.25) is 11.8 Å². The van der Waals surface area contributed by atoms with Crippen LogP contribution in [0.25, 0.3) is 0 Å². The Bertz CT molecular complexity index is 952. The number of amides is 3. The lowest BCUT2D eigenvalue weighted by Gasteiger charge is -2.33. The second kappa shape index (κ2) is 9.29. The van der Waals surface area contributed by atoms with Gasteiger partial charge >= 0.3 is 0 Å². The van der Waals surface area contributed by atoms with Crippen LogP contribution < -0.4 is 5.32 Å². The zero-order valence-electron chi connectivity index (χ0n) is 16.2. The van der Waals surface area contributed by atoms with E-state index >= 15 is 0 Å². The van der Waals surface area contributed by atoms with Gasteiger partial charge in [-0.05, 0) is 36.4 Å². The number of hydrogen-bond acceptors (Lipinski definition) is 4. The lowest BCUT2D eigenvalue weighted by atomic mass is 9.96. The molecule has 1 aromatic carbocycles. The minimum Gasteiger partial charge on any atom is -0.337 e. The number of hydrogen-bond donors (Lipinski definition) is 1. The van der Waals surface area contributed by atoms with E-state index in [1.807, 2.05) is 5.38 Å². The maximum atomic E-state index is 13.7. The Kier molecular flexibility index (Phi) is 6.76. The first-order valence-electron chi connectivity index (χ1n) is 9.29. The summed E-state index contributed by atoms with van der Waals surface area (Å²) in [5.74, 6) is -6.21. The highest BCUT2D eigenvalue weighted by Crippen LogP contribution is 2.22. The number of nitrogens with zero attached hydrogens (tertiary/aromatic N) is 2. The van der Waals surface area contributed by atoms with E-state index in [2.05, 4.69) is 5.32 Å². The molecule has 1 aliphatic rings. The molecule has 0 unspecified atom stereocenters. The van der Waals surface area contributed by atoms with E-state index in [0.29, 0.717) is 30.3 Å². The maximum Gasteiger partial charge on any atom is 0.263 e. The normalized spacial score (nSPS) is 16.3. The predicted molar refractivity (Wildman–Crippen MR) is 106 cm³/mol. The minimum atomic E-state index is -1.69. The van der Waals surface area contributed by atoms with Crippen molar-refractivity contribution < 1.29 is 27.6 Å². The predicted octanol–water partition coefficient (Wildman–Crippen LogP) is 3.11. The number of thiophene rings is 1. The summed E-state index contributed by atoms with van der Waals surface area (Å²) < 4.78 is 40.0. The molecule has 10 heteroatoms. The molecule has 1 fully saturated rings. The van der Waals surface area contributed by atoms with E-state index in [1.165, 1.54) is 23.3 Å². The molecule has 0 bridgehead atoms. The molecule has 0 aliphatic carbocycles. The molecular formula is C20H20F3N3O3S. The van der Waals surface area contributed by atoms with Crippen molar-refractivity contribution in [2.75, 3.05) is 32.0 Å². The van der Waals surface area contributed by atoms with Crippen LogP contribution in [0.3, 0.4) is 0 Å². The standard InChI is InChI=1S/C20H20F3N3O3S/c1-25(11-16(27)24-14-7-6-13(21)17(22)18(14)23)19(28)12-4-2-8-26(10-12)20(29)15-5-3-9-30-15/h3,5-7,9,12H,2,4,8,10-11H2,1H3,(H,24,27)/t12-/m0/s1. The van der Waals surface area contributed by atoms with Crippen molar-refractivity contribution in [1.82, 2.24) is 9.80 Å². The minimum absolute atomic E-state index is 0.128. The number of rotatable bonds is 5. The highest BCUT2D eigenvalue weighted by molar-refractivity contribution is 7.12. The summed E-state index contributed by atoms with van der Waals surface area (Å²) >= 11 is 1.33. The number of likely N-dealkylation sites (N-methyl/N-ethyl adjacent to an activating group) is 1. The first-order chi connectivity index (χ1) is 14.3. The number of benzene rings is 1. The third kappa shape index (κ3) is 4.81. The number of likely N-dealkylation sites (tertiary alicyclic amines) is 1. The van der Waals surface area contributed by atoms with Crippen LogP contribution in [0.2, 0.25) is 0 Å². The SMILES string of the molecule is CN(CC(=O)Nc1ccc(F)c(F)c1F)C(=O)[C@H]1CCCN(C(=O)c2cccs2)C1. The van der Waals surface area contributed by atoms with Gasteiger partial charge in [-0.2, -0.15) is 0 Å². The smallest absolute Gasteiger partial charge is 0.263 e. The summed E-state index contributed by atoms with van der Waals surface area (Å²) in [6.07, 6.45) is 1.24. The van der Waals surface area contributed by atoms with E-state index < -0.39 is 41.5 Å². The quantitative estimate of drug-likeness (QED) is 0.728. The summed E-state index contributed by atoms with van der Waals surface area (Å²) in [6, 6.07) is 5.12. The third-order valence-corrected chi connectivity index (χ3v) is 5.71. The second-order valence-electron chi connectivity index (χ2n) is 7.03. The van der Waals surface area contributed by atoms with E-state index in [0.717, 1.165) is 6.07 Å². The Morgan fingerprint density at radius 3 is 2.67 bits per heavy atom. The maximum absolute atomic E-state index is 13.7. The molecule has 1 aromatic heterocycles. The molecule has 2 heterocycles. The van der Waals surface area contributed by atoms with Crippen LogP contribution in [0.1, 0.15) is 22.5 Å². The van der Waals surface area contributed by atoms with Gasteiger partial charge in [0, 0.05) is 20.1 Å². The zero-order valence-corrected chi connectivity index (χ0v) is 17.0. The number of carbonyl (C=O) groups excluding carboxylic acids is 3. The van der Waals surface area contributed by atoms with Crippen LogP contribution in [0.15, 0.2) is 29.6 Å². The molecule has 2 aromatic rings. The molecule has 3 amide bonds. The van der Waals surface area contributed by atoms with Gasteiger partial charge in [0.15, 0.2) is 17.5 Å².